The molecule has 14 nitrogen and oxygen atoms in total. The zero-order valence-electron chi connectivity index (χ0n) is 18.4. The van der Waals surface area contributed by atoms with Gasteiger partial charge in [0.1, 0.15) is 17.9 Å². The number of phosphoric ester groups is 1. The Morgan fingerprint density at radius 1 is 1.29 bits per heavy atom. The Morgan fingerprint density at radius 3 is 2.94 bits per heavy atom. The lowest BCUT2D eigenvalue weighted by molar-refractivity contribution is -0.0925. The van der Waals surface area contributed by atoms with Crippen LogP contribution in [0.5, 0.6) is 0 Å². The van der Waals surface area contributed by atoms with E-state index in [9.17, 15) is 9.36 Å². The Hall–Kier alpha value is -3.16. The van der Waals surface area contributed by atoms with E-state index in [-0.39, 0.29) is 19.0 Å². The molecule has 0 bridgehead atoms. The van der Waals surface area contributed by atoms with Crippen molar-refractivity contribution in [1.29, 1.82) is 0 Å². The van der Waals surface area contributed by atoms with Crippen molar-refractivity contribution in [3.8, 4) is 0 Å². The maximum absolute atomic E-state index is 13.2. The minimum Gasteiger partial charge on any atom is -0.424 e. The van der Waals surface area contributed by atoms with Crippen LogP contribution in [0.3, 0.4) is 0 Å². The van der Waals surface area contributed by atoms with E-state index in [4.69, 9.17) is 33.5 Å². The highest BCUT2D eigenvalue weighted by Gasteiger charge is 2.64. The van der Waals surface area contributed by atoms with Gasteiger partial charge in [0.25, 0.3) is 0 Å². The summed E-state index contributed by atoms with van der Waals surface area (Å²) in [7, 11) is -3.92. The first kappa shape index (κ1) is 22.3. The summed E-state index contributed by atoms with van der Waals surface area (Å²) in [6, 6.07) is 3.55. The van der Waals surface area contributed by atoms with Gasteiger partial charge in [0.05, 0.1) is 25.6 Å². The Morgan fingerprint density at radius 2 is 2.11 bits per heavy atom. The number of nitrogen functional groups attached to an aromatic ring is 1. The predicted molar refractivity (Wildman–Crippen MR) is 116 cm³/mol. The molecule has 3 aliphatic heterocycles. The molecule has 3 aromatic heterocycles. The number of rotatable bonds is 5. The molecule has 3 fully saturated rings. The number of ether oxygens (including phenoxy) is 3. The van der Waals surface area contributed by atoms with Crippen LogP contribution in [0.2, 0.25) is 0 Å². The highest BCUT2D eigenvalue weighted by molar-refractivity contribution is 7.48. The van der Waals surface area contributed by atoms with Gasteiger partial charge >= 0.3 is 14.0 Å². The molecule has 35 heavy (non-hydrogen) atoms. The van der Waals surface area contributed by atoms with Crippen LogP contribution in [0.1, 0.15) is 31.2 Å². The molecule has 0 aliphatic carbocycles. The number of imidazole rings is 1. The molecule has 0 radical (unpaired) electrons. The molecule has 2 N–H and O–H groups in total. The minimum absolute atomic E-state index is 0.180. The van der Waals surface area contributed by atoms with Crippen LogP contribution in [-0.4, -0.2) is 61.7 Å². The maximum atomic E-state index is 13.2. The standard InChI is InChI=1S/C20H21N6O8P/c1-20-15(32-19(27)33-20)13(31-18(20)26-10-25-14-16(21)23-9-24-17(14)26)8-30-35(28)29-7-4-12(34-35)11-2-5-22-6-3-11/h2-3,5-6,9-10,12-13,15,18H,4,7-8H2,1H3,(H2,21,23,24)/t12-,13+,15+,18+,20+,35?/m0/s1. The Bertz CT molecular complexity index is 1320. The van der Waals surface area contributed by atoms with Crippen molar-refractivity contribution in [2.24, 2.45) is 0 Å². The van der Waals surface area contributed by atoms with Crippen molar-refractivity contribution in [1.82, 2.24) is 24.5 Å². The summed E-state index contributed by atoms with van der Waals surface area (Å²) in [5.74, 6) is 0.196. The lowest BCUT2D eigenvalue weighted by atomic mass is 9.96. The Kier molecular flexibility index (Phi) is 5.23. The van der Waals surface area contributed by atoms with Crippen molar-refractivity contribution >= 4 is 31.0 Å². The number of aromatic nitrogens is 5. The number of pyridine rings is 1. The first-order valence-electron chi connectivity index (χ1n) is 10.8. The summed E-state index contributed by atoms with van der Waals surface area (Å²) in [6.45, 7) is 1.59. The van der Waals surface area contributed by atoms with E-state index in [2.05, 4.69) is 19.9 Å². The topological polar surface area (TPSA) is 172 Å². The smallest absolute Gasteiger partial charge is 0.424 e. The highest BCUT2D eigenvalue weighted by atomic mass is 31.2. The molecular formula is C20H21N6O8P. The number of fused-ring (bicyclic) bond motifs is 2. The Labute approximate surface area is 198 Å². The SMILES string of the molecule is C[C@@]12OC(=O)O[C@@H]1[C@@H](COP1(=O)OCC[C@@H](c3ccncc3)O1)O[C@H]2n1cnc2c(N)ncnc21. The molecule has 0 spiro atoms. The van der Waals surface area contributed by atoms with Gasteiger partial charge in [-0.1, -0.05) is 0 Å². The quantitative estimate of drug-likeness (QED) is 0.396. The van der Waals surface area contributed by atoms with Crippen molar-refractivity contribution in [3.63, 3.8) is 0 Å². The van der Waals surface area contributed by atoms with Crippen LogP contribution in [0.15, 0.2) is 37.2 Å². The molecule has 1 unspecified atom stereocenters. The average molecular weight is 504 g/mol. The average Bonchev–Trinajstić information content (AvgIpc) is 3.48. The first-order chi connectivity index (χ1) is 16.9. The fourth-order valence-electron chi connectivity index (χ4n) is 4.55. The normalized spacial score (nSPS) is 34.5. The number of phosphoric acid groups is 1. The number of hydrogen-bond acceptors (Lipinski definition) is 13. The number of hydrogen-bond donors (Lipinski definition) is 1. The molecule has 184 valence electrons. The molecule has 6 heterocycles. The third-order valence-corrected chi connectivity index (χ3v) is 7.70. The van der Waals surface area contributed by atoms with Crippen molar-refractivity contribution < 1.29 is 37.1 Å². The predicted octanol–water partition coefficient (Wildman–Crippen LogP) is 2.30. The summed E-state index contributed by atoms with van der Waals surface area (Å²) < 4.78 is 48.5. The van der Waals surface area contributed by atoms with Gasteiger partial charge in [0, 0.05) is 18.8 Å². The molecule has 0 amide bonds. The molecule has 6 atom stereocenters. The zero-order valence-corrected chi connectivity index (χ0v) is 19.3. The van der Waals surface area contributed by atoms with Crippen molar-refractivity contribution in [2.45, 2.75) is 43.5 Å². The number of nitrogens with two attached hydrogens (primary N) is 1. The molecular weight excluding hydrogens is 483 g/mol. The minimum atomic E-state index is -3.92. The van der Waals surface area contributed by atoms with Crippen molar-refractivity contribution in [3.05, 3.63) is 42.7 Å². The van der Waals surface area contributed by atoms with E-state index in [1.165, 1.54) is 12.7 Å². The third kappa shape index (κ3) is 3.74. The van der Waals surface area contributed by atoms with Gasteiger partial charge in [0.15, 0.2) is 29.4 Å². The van der Waals surface area contributed by atoms with E-state index in [1.54, 1.807) is 36.0 Å². The van der Waals surface area contributed by atoms with Gasteiger partial charge in [-0.25, -0.2) is 24.3 Å². The molecule has 0 saturated carbocycles. The molecule has 15 heteroatoms. The largest absolute Gasteiger partial charge is 0.509 e. The van der Waals surface area contributed by atoms with E-state index < -0.39 is 44.1 Å². The van der Waals surface area contributed by atoms with Crippen LogP contribution in [-0.2, 0) is 32.3 Å². The van der Waals surface area contributed by atoms with Gasteiger partial charge in [0.2, 0.25) is 0 Å². The van der Waals surface area contributed by atoms with Crippen LogP contribution in [0.25, 0.3) is 11.2 Å². The molecule has 6 rings (SSSR count). The van der Waals surface area contributed by atoms with Crippen molar-refractivity contribution in [2.75, 3.05) is 18.9 Å². The Balaban J connectivity index is 1.23. The number of carbonyl (C=O) groups excluding carboxylic acids is 1. The molecule has 3 aliphatic rings. The van der Waals surface area contributed by atoms with Gasteiger partial charge in [-0.15, -0.1) is 0 Å². The van der Waals surface area contributed by atoms with E-state index in [0.29, 0.717) is 17.6 Å². The van der Waals surface area contributed by atoms with Gasteiger partial charge in [-0.05, 0) is 24.6 Å². The fourth-order valence-corrected chi connectivity index (χ4v) is 5.94. The first-order valence-corrected chi connectivity index (χ1v) is 12.3. The number of carbonyl (C=O) groups is 1. The summed E-state index contributed by atoms with van der Waals surface area (Å²) >= 11 is 0. The fraction of sp³-hybridized carbons (Fsp3) is 0.450. The number of nitrogens with zero attached hydrogens (tertiary/aromatic N) is 5. The summed E-state index contributed by atoms with van der Waals surface area (Å²) in [5, 5.41) is 0. The lowest BCUT2D eigenvalue weighted by Crippen LogP contribution is -2.42. The van der Waals surface area contributed by atoms with Gasteiger partial charge in [-0.2, -0.15) is 0 Å². The van der Waals surface area contributed by atoms with Crippen LogP contribution in [0, 0.1) is 0 Å². The van der Waals surface area contributed by atoms with Crippen LogP contribution < -0.4 is 5.73 Å². The third-order valence-electron chi connectivity index (χ3n) is 6.22. The van der Waals surface area contributed by atoms with Crippen LogP contribution >= 0.6 is 7.82 Å². The molecule has 3 saturated heterocycles. The second-order valence-corrected chi connectivity index (χ2v) is 10.0. The summed E-state index contributed by atoms with van der Waals surface area (Å²) in [5.41, 5.74) is 6.21. The lowest BCUT2D eigenvalue weighted by Gasteiger charge is -2.29. The summed E-state index contributed by atoms with van der Waals surface area (Å²) in [4.78, 5) is 28.5. The monoisotopic (exact) mass is 504 g/mol. The second kappa shape index (κ2) is 8.21. The summed E-state index contributed by atoms with van der Waals surface area (Å²) in [6.07, 6.45) is 2.57. The molecule has 0 aromatic carbocycles. The molecule has 3 aromatic rings. The van der Waals surface area contributed by atoms with E-state index in [0.717, 1.165) is 5.56 Å². The van der Waals surface area contributed by atoms with E-state index in [1.807, 2.05) is 0 Å². The van der Waals surface area contributed by atoms with E-state index >= 15 is 0 Å². The number of anilines is 1. The van der Waals surface area contributed by atoms with Gasteiger partial charge < -0.3 is 19.9 Å². The second-order valence-electron chi connectivity index (χ2n) is 8.42. The zero-order chi connectivity index (χ0) is 24.2. The van der Waals surface area contributed by atoms with Crippen LogP contribution in [0.4, 0.5) is 10.6 Å². The maximum Gasteiger partial charge on any atom is 0.509 e. The van der Waals surface area contributed by atoms with Gasteiger partial charge in [-0.3, -0.25) is 23.1 Å². The highest BCUT2D eigenvalue weighted by Crippen LogP contribution is 2.58.